The fraction of sp³-hybridized carbons (Fsp3) is 0.350. The molecule has 0 saturated heterocycles. The predicted molar refractivity (Wildman–Crippen MR) is 114 cm³/mol. The van der Waals surface area contributed by atoms with Crippen LogP contribution in [-0.4, -0.2) is 40.0 Å². The lowest BCUT2D eigenvalue weighted by Gasteiger charge is -2.27. The average Bonchev–Trinajstić information content (AvgIpc) is 2.66. The summed E-state index contributed by atoms with van der Waals surface area (Å²) in [6.07, 6.45) is 0. The molecule has 2 N–H and O–H groups in total. The number of nitrogens with one attached hydrogen (secondary N) is 2. The lowest BCUT2D eigenvalue weighted by Crippen LogP contribution is -2.34. The van der Waals surface area contributed by atoms with E-state index < -0.39 is 10.0 Å². The molecule has 152 valence electrons. The van der Waals surface area contributed by atoms with Crippen molar-refractivity contribution in [2.45, 2.75) is 31.7 Å². The van der Waals surface area contributed by atoms with Crippen molar-refractivity contribution in [3.8, 4) is 0 Å². The summed E-state index contributed by atoms with van der Waals surface area (Å²) in [5.41, 5.74) is 1.59. The molecule has 2 aromatic rings. The van der Waals surface area contributed by atoms with Crippen molar-refractivity contribution in [3.63, 3.8) is 0 Å². The average molecular weight is 424 g/mol. The first-order valence-corrected chi connectivity index (χ1v) is 11.0. The van der Waals surface area contributed by atoms with Gasteiger partial charge in [0, 0.05) is 41.9 Å². The quantitative estimate of drug-likeness (QED) is 0.606. The molecule has 0 heterocycles. The van der Waals surface area contributed by atoms with Crippen LogP contribution in [0.1, 0.15) is 31.1 Å². The Morgan fingerprint density at radius 1 is 1.11 bits per heavy atom. The summed E-state index contributed by atoms with van der Waals surface area (Å²) in [7, 11) is -3.66. The van der Waals surface area contributed by atoms with Gasteiger partial charge in [0.2, 0.25) is 10.0 Å². The van der Waals surface area contributed by atoms with Crippen LogP contribution in [0.15, 0.2) is 53.4 Å². The molecule has 2 aromatic carbocycles. The van der Waals surface area contributed by atoms with Crippen LogP contribution in [0, 0.1) is 0 Å². The van der Waals surface area contributed by atoms with E-state index >= 15 is 0 Å². The summed E-state index contributed by atoms with van der Waals surface area (Å²) in [6, 6.07) is 13.8. The topological polar surface area (TPSA) is 78.5 Å². The lowest BCUT2D eigenvalue weighted by atomic mass is 10.1. The number of carbonyl (C=O) groups is 1. The number of nitrogens with zero attached hydrogens (tertiary/aromatic N) is 1. The van der Waals surface area contributed by atoms with Crippen LogP contribution in [0.3, 0.4) is 0 Å². The second-order valence-corrected chi connectivity index (χ2v) is 8.74. The van der Waals surface area contributed by atoms with Gasteiger partial charge in [0.25, 0.3) is 5.91 Å². The van der Waals surface area contributed by atoms with Crippen molar-refractivity contribution in [1.29, 1.82) is 0 Å². The van der Waals surface area contributed by atoms with E-state index in [0.717, 1.165) is 12.2 Å². The molecule has 0 radical (unpaired) electrons. The van der Waals surface area contributed by atoms with Gasteiger partial charge in [-0.2, -0.15) is 0 Å². The third kappa shape index (κ3) is 5.95. The summed E-state index contributed by atoms with van der Waals surface area (Å²) < 4.78 is 26.8. The number of carbonyl (C=O) groups excluding carboxylic acids is 1. The van der Waals surface area contributed by atoms with E-state index in [0.29, 0.717) is 16.6 Å². The standard InChI is InChI=1S/C20H26ClN3O3S/c1-4-24(15(2)3)18-10-8-16(9-11-18)20(25)22-12-13-23-28(26,27)19-7-5-6-17(21)14-19/h5-11,14-15,23H,4,12-13H2,1-3H3,(H,22,25). The maximum atomic E-state index is 12.2. The maximum Gasteiger partial charge on any atom is 0.251 e. The second-order valence-electron chi connectivity index (χ2n) is 6.54. The summed E-state index contributed by atoms with van der Waals surface area (Å²) in [5.74, 6) is -0.249. The SMILES string of the molecule is CCN(c1ccc(C(=O)NCCNS(=O)(=O)c2cccc(Cl)c2)cc1)C(C)C. The zero-order valence-electron chi connectivity index (χ0n) is 16.3. The van der Waals surface area contributed by atoms with Gasteiger partial charge >= 0.3 is 0 Å². The smallest absolute Gasteiger partial charge is 0.251 e. The number of rotatable bonds is 9. The Hall–Kier alpha value is -2.09. The minimum absolute atomic E-state index is 0.0790. The van der Waals surface area contributed by atoms with Gasteiger partial charge in [0.1, 0.15) is 0 Å². The molecule has 0 saturated carbocycles. The molecule has 0 atom stereocenters. The highest BCUT2D eigenvalue weighted by Gasteiger charge is 2.14. The minimum Gasteiger partial charge on any atom is -0.369 e. The van der Waals surface area contributed by atoms with Crippen molar-refractivity contribution >= 4 is 33.2 Å². The van der Waals surface area contributed by atoms with Gasteiger partial charge in [-0.3, -0.25) is 4.79 Å². The molecule has 0 fully saturated rings. The molecule has 28 heavy (non-hydrogen) atoms. The predicted octanol–water partition coefficient (Wildman–Crippen LogP) is 3.28. The minimum atomic E-state index is -3.66. The van der Waals surface area contributed by atoms with Crippen LogP contribution in [0.25, 0.3) is 0 Å². The first-order chi connectivity index (χ1) is 13.2. The molecule has 0 aromatic heterocycles. The van der Waals surface area contributed by atoms with Crippen molar-refractivity contribution in [2.24, 2.45) is 0 Å². The summed E-state index contributed by atoms with van der Waals surface area (Å²) in [4.78, 5) is 14.6. The zero-order valence-corrected chi connectivity index (χ0v) is 17.8. The molecular weight excluding hydrogens is 398 g/mol. The van der Waals surface area contributed by atoms with Gasteiger partial charge in [0.05, 0.1) is 4.90 Å². The van der Waals surface area contributed by atoms with E-state index in [2.05, 4.69) is 35.7 Å². The fourth-order valence-corrected chi connectivity index (χ4v) is 4.16. The van der Waals surface area contributed by atoms with E-state index in [9.17, 15) is 13.2 Å². The van der Waals surface area contributed by atoms with E-state index in [1.807, 2.05) is 12.1 Å². The van der Waals surface area contributed by atoms with Crippen molar-refractivity contribution in [2.75, 3.05) is 24.5 Å². The molecule has 0 aliphatic heterocycles. The van der Waals surface area contributed by atoms with Crippen LogP contribution in [0.2, 0.25) is 5.02 Å². The number of sulfonamides is 1. The molecule has 0 unspecified atom stereocenters. The van der Waals surface area contributed by atoms with Gasteiger partial charge in [-0.25, -0.2) is 13.1 Å². The Balaban J connectivity index is 1.87. The van der Waals surface area contributed by atoms with Crippen molar-refractivity contribution in [1.82, 2.24) is 10.0 Å². The Bertz CT molecular complexity index is 899. The van der Waals surface area contributed by atoms with Crippen LogP contribution in [-0.2, 0) is 10.0 Å². The summed E-state index contributed by atoms with van der Waals surface area (Å²) >= 11 is 5.83. The highest BCUT2D eigenvalue weighted by atomic mass is 35.5. The van der Waals surface area contributed by atoms with Gasteiger partial charge in [-0.1, -0.05) is 17.7 Å². The van der Waals surface area contributed by atoms with E-state index in [1.54, 1.807) is 24.3 Å². The number of hydrogen-bond acceptors (Lipinski definition) is 4. The van der Waals surface area contributed by atoms with Gasteiger partial charge in [-0.05, 0) is 63.2 Å². The lowest BCUT2D eigenvalue weighted by molar-refractivity contribution is 0.0954. The molecule has 1 amide bonds. The monoisotopic (exact) mass is 423 g/mol. The van der Waals surface area contributed by atoms with Crippen molar-refractivity contribution in [3.05, 3.63) is 59.1 Å². The fourth-order valence-electron chi connectivity index (χ4n) is 2.83. The van der Waals surface area contributed by atoms with E-state index in [4.69, 9.17) is 11.6 Å². The Morgan fingerprint density at radius 2 is 1.79 bits per heavy atom. The zero-order chi connectivity index (χ0) is 20.7. The maximum absolute atomic E-state index is 12.2. The van der Waals surface area contributed by atoms with Crippen LogP contribution >= 0.6 is 11.6 Å². The largest absolute Gasteiger partial charge is 0.369 e. The Morgan fingerprint density at radius 3 is 2.36 bits per heavy atom. The molecule has 0 aliphatic carbocycles. The van der Waals surface area contributed by atoms with Crippen molar-refractivity contribution < 1.29 is 13.2 Å². The highest BCUT2D eigenvalue weighted by molar-refractivity contribution is 7.89. The normalized spacial score (nSPS) is 11.5. The van der Waals surface area contributed by atoms with Crippen LogP contribution in [0.5, 0.6) is 0 Å². The number of amides is 1. The molecule has 6 nitrogen and oxygen atoms in total. The first-order valence-electron chi connectivity index (χ1n) is 9.14. The number of anilines is 1. The third-order valence-corrected chi connectivity index (χ3v) is 5.93. The third-order valence-electron chi connectivity index (χ3n) is 4.23. The van der Waals surface area contributed by atoms with E-state index in [1.165, 1.54) is 12.1 Å². The first kappa shape index (κ1) is 22.2. The number of hydrogen-bond donors (Lipinski definition) is 2. The van der Waals surface area contributed by atoms with Crippen LogP contribution in [0.4, 0.5) is 5.69 Å². The summed E-state index contributed by atoms with van der Waals surface area (Å²) in [5, 5.41) is 3.06. The molecule has 2 rings (SSSR count). The van der Waals surface area contributed by atoms with Gasteiger partial charge in [-0.15, -0.1) is 0 Å². The van der Waals surface area contributed by atoms with E-state index in [-0.39, 0.29) is 23.9 Å². The molecular formula is C20H26ClN3O3S. The Labute approximate surface area is 171 Å². The highest BCUT2D eigenvalue weighted by Crippen LogP contribution is 2.18. The second kappa shape index (κ2) is 9.91. The molecule has 8 heteroatoms. The molecule has 0 aliphatic rings. The summed E-state index contributed by atoms with van der Waals surface area (Å²) in [6.45, 7) is 7.47. The Kier molecular flexibility index (Phi) is 7.86. The van der Waals surface area contributed by atoms with Gasteiger partial charge < -0.3 is 10.2 Å². The van der Waals surface area contributed by atoms with Crippen LogP contribution < -0.4 is 14.9 Å². The molecule has 0 spiro atoms. The molecule has 0 bridgehead atoms. The number of halogens is 1. The number of benzene rings is 2. The van der Waals surface area contributed by atoms with Gasteiger partial charge in [0.15, 0.2) is 0 Å².